The molecule has 2 heterocycles. The van der Waals surface area contributed by atoms with Gasteiger partial charge < -0.3 is 26.0 Å². The summed E-state index contributed by atoms with van der Waals surface area (Å²) in [7, 11) is 3.94. The number of nitrogens with one attached hydrogen (secondary N) is 2. The van der Waals surface area contributed by atoms with Gasteiger partial charge in [0.15, 0.2) is 0 Å². The van der Waals surface area contributed by atoms with E-state index in [4.69, 9.17) is 10.5 Å². The largest absolute Gasteiger partial charge is 0.445 e. The molecular formula is C25H29N7O3S. The van der Waals surface area contributed by atoms with E-state index in [1.807, 2.05) is 73.6 Å². The molecule has 188 valence electrons. The quantitative estimate of drug-likeness (QED) is 0.298. The summed E-state index contributed by atoms with van der Waals surface area (Å²) in [6, 6.07) is 16.9. The molecule has 10 nitrogen and oxygen atoms in total. The van der Waals surface area contributed by atoms with E-state index in [0.29, 0.717) is 34.7 Å². The average molecular weight is 508 g/mol. The normalized spacial score (nSPS) is 14.6. The number of benzene rings is 2. The zero-order valence-electron chi connectivity index (χ0n) is 20.4. The molecule has 1 atom stereocenters. The van der Waals surface area contributed by atoms with E-state index in [1.54, 1.807) is 11.6 Å². The third kappa shape index (κ3) is 5.80. The molecule has 0 saturated heterocycles. The van der Waals surface area contributed by atoms with Gasteiger partial charge in [0.25, 0.3) is 0 Å². The van der Waals surface area contributed by atoms with E-state index >= 15 is 0 Å². The maximum absolute atomic E-state index is 12.4. The topological polar surface area (TPSA) is 127 Å². The first-order valence-electron chi connectivity index (χ1n) is 11.4. The molecule has 1 aromatic heterocycles. The van der Waals surface area contributed by atoms with Gasteiger partial charge in [0.2, 0.25) is 17.0 Å². The lowest BCUT2D eigenvalue weighted by molar-refractivity contribution is -0.115. The highest BCUT2D eigenvalue weighted by Gasteiger charge is 2.33. The van der Waals surface area contributed by atoms with Crippen molar-refractivity contribution < 1.29 is 14.3 Å². The van der Waals surface area contributed by atoms with E-state index in [0.717, 1.165) is 16.8 Å². The summed E-state index contributed by atoms with van der Waals surface area (Å²) in [6.07, 6.45) is -0.481. The van der Waals surface area contributed by atoms with E-state index in [9.17, 15) is 9.59 Å². The number of allylic oxidation sites excluding steroid dienone is 1. The summed E-state index contributed by atoms with van der Waals surface area (Å²) >= 11 is 1.39. The third-order valence-corrected chi connectivity index (χ3v) is 6.48. The lowest BCUT2D eigenvalue weighted by Gasteiger charge is -2.28. The monoisotopic (exact) mass is 507 g/mol. The van der Waals surface area contributed by atoms with Crippen LogP contribution in [0.3, 0.4) is 0 Å². The molecule has 3 aromatic rings. The van der Waals surface area contributed by atoms with Crippen LogP contribution < -0.4 is 21.3 Å². The fourth-order valence-electron chi connectivity index (χ4n) is 3.84. The Morgan fingerprint density at radius 1 is 1.17 bits per heavy atom. The number of aromatic nitrogens is 3. The predicted octanol–water partition coefficient (Wildman–Crippen LogP) is 3.14. The number of hydrogen-bond acceptors (Lipinski definition) is 8. The van der Waals surface area contributed by atoms with Crippen molar-refractivity contribution in [3.8, 4) is 0 Å². The fourth-order valence-corrected chi connectivity index (χ4v) is 4.53. The highest BCUT2D eigenvalue weighted by atomic mass is 32.2. The van der Waals surface area contributed by atoms with Crippen LogP contribution in [0.1, 0.15) is 24.1 Å². The number of fused-ring (bicyclic) bond motifs is 1. The van der Waals surface area contributed by atoms with Crippen LogP contribution in [0.4, 0.5) is 16.4 Å². The number of rotatable bonds is 9. The van der Waals surface area contributed by atoms with E-state index < -0.39 is 18.0 Å². The van der Waals surface area contributed by atoms with Crippen molar-refractivity contribution in [3.63, 3.8) is 0 Å². The number of alkyl carbamates (subject to hydrolysis) is 1. The molecule has 1 aliphatic rings. The second kappa shape index (κ2) is 11.2. The number of carbonyl (C=O) groups excluding carboxylic acids is 2. The van der Waals surface area contributed by atoms with Crippen LogP contribution in [0.5, 0.6) is 0 Å². The first-order chi connectivity index (χ1) is 17.3. The van der Waals surface area contributed by atoms with Crippen LogP contribution in [0.15, 0.2) is 71.0 Å². The molecule has 1 aliphatic heterocycles. The molecule has 11 heteroatoms. The Morgan fingerprint density at radius 2 is 1.89 bits per heavy atom. The lowest BCUT2D eigenvalue weighted by atomic mass is 9.95. The first-order valence-corrected chi connectivity index (χ1v) is 12.4. The summed E-state index contributed by atoms with van der Waals surface area (Å²) < 4.78 is 6.90. The molecule has 0 bridgehead atoms. The number of thioether (sulfide) groups is 1. The van der Waals surface area contributed by atoms with Crippen LogP contribution in [-0.4, -0.2) is 53.2 Å². The number of hydrogen-bond donors (Lipinski definition) is 3. The summed E-state index contributed by atoms with van der Waals surface area (Å²) in [5.41, 5.74) is 9.67. The van der Waals surface area contributed by atoms with Crippen molar-refractivity contribution in [3.05, 3.63) is 77.0 Å². The molecule has 4 rings (SSSR count). The molecule has 0 fully saturated rings. The minimum Gasteiger partial charge on any atom is -0.445 e. The van der Waals surface area contributed by atoms with Gasteiger partial charge in [0.05, 0.1) is 5.57 Å². The molecule has 0 saturated carbocycles. The number of nitrogens with two attached hydrogens (primary N) is 1. The van der Waals surface area contributed by atoms with Crippen molar-refractivity contribution in [1.82, 2.24) is 20.1 Å². The minimum absolute atomic E-state index is 0.215. The zero-order valence-corrected chi connectivity index (χ0v) is 21.2. The van der Waals surface area contributed by atoms with Gasteiger partial charge in [-0.25, -0.2) is 9.48 Å². The second-order valence-electron chi connectivity index (χ2n) is 8.42. The molecular weight excluding hydrogens is 478 g/mol. The Kier molecular flexibility index (Phi) is 7.79. The highest BCUT2D eigenvalue weighted by Crippen LogP contribution is 2.36. The molecule has 4 N–H and O–H groups in total. The highest BCUT2D eigenvalue weighted by molar-refractivity contribution is 7.99. The number of carbonyl (C=O) groups is 2. The fraction of sp³-hybridized carbons (Fsp3) is 0.280. The summed E-state index contributed by atoms with van der Waals surface area (Å²) in [6.45, 7) is 2.40. The number of ether oxygens (including phenoxy) is 1. The lowest BCUT2D eigenvalue weighted by Crippen LogP contribution is -2.31. The Balaban J connectivity index is 1.40. The SMILES string of the molecule is CC1=C(C(N)=O)C(c2ccc(N(C)C)cc2)n2nc(SCCNC(=O)OCc3ccccc3)nc2N1. The Bertz CT molecular complexity index is 1260. The summed E-state index contributed by atoms with van der Waals surface area (Å²) in [5.74, 6) is 0.549. The van der Waals surface area contributed by atoms with E-state index in [-0.39, 0.29) is 6.61 Å². The van der Waals surface area contributed by atoms with Crippen LogP contribution in [0.2, 0.25) is 0 Å². The van der Waals surface area contributed by atoms with Gasteiger partial charge in [-0.15, -0.1) is 5.10 Å². The van der Waals surface area contributed by atoms with Gasteiger partial charge in [-0.2, -0.15) is 4.98 Å². The van der Waals surface area contributed by atoms with Crippen LogP contribution in [0.25, 0.3) is 0 Å². The van der Waals surface area contributed by atoms with E-state index in [1.165, 1.54) is 11.8 Å². The smallest absolute Gasteiger partial charge is 0.407 e. The molecule has 0 radical (unpaired) electrons. The van der Waals surface area contributed by atoms with Crippen molar-refractivity contribution >= 4 is 35.4 Å². The molecule has 2 aromatic carbocycles. The maximum atomic E-state index is 12.4. The predicted molar refractivity (Wildman–Crippen MR) is 140 cm³/mol. The Morgan fingerprint density at radius 3 is 2.56 bits per heavy atom. The van der Waals surface area contributed by atoms with E-state index in [2.05, 4.69) is 20.7 Å². The van der Waals surface area contributed by atoms with Gasteiger partial charge in [0, 0.05) is 37.8 Å². The average Bonchev–Trinajstić information content (AvgIpc) is 3.27. The summed E-state index contributed by atoms with van der Waals surface area (Å²) in [4.78, 5) is 30.9. The number of anilines is 2. The molecule has 0 aliphatic carbocycles. The van der Waals surface area contributed by atoms with Gasteiger partial charge in [-0.05, 0) is 30.2 Å². The Labute approximate surface area is 213 Å². The van der Waals surface area contributed by atoms with Gasteiger partial charge in [0.1, 0.15) is 12.6 Å². The van der Waals surface area contributed by atoms with Crippen molar-refractivity contribution in [2.75, 3.05) is 36.6 Å². The number of nitrogens with zero attached hydrogens (tertiary/aromatic N) is 4. The van der Waals surface area contributed by atoms with Crippen molar-refractivity contribution in [2.24, 2.45) is 5.73 Å². The zero-order chi connectivity index (χ0) is 25.7. The first kappa shape index (κ1) is 25.1. The van der Waals surface area contributed by atoms with Gasteiger partial charge in [-0.3, -0.25) is 4.79 Å². The minimum atomic E-state index is -0.518. The van der Waals surface area contributed by atoms with Crippen molar-refractivity contribution in [2.45, 2.75) is 24.7 Å². The number of amides is 2. The van der Waals surface area contributed by atoms with Crippen molar-refractivity contribution in [1.29, 1.82) is 0 Å². The standard InChI is InChI=1S/C25H29N7O3S/c1-16-20(22(26)33)21(18-9-11-19(12-10-18)31(2)3)32-23(28-16)29-24(30-32)36-14-13-27-25(34)35-15-17-7-5-4-6-8-17/h4-12,21H,13-15H2,1-3H3,(H2,26,33)(H,27,34)(H,28,29,30). The molecule has 0 spiro atoms. The molecule has 1 unspecified atom stereocenters. The summed E-state index contributed by atoms with van der Waals surface area (Å²) in [5, 5.41) is 11.0. The Hall–Kier alpha value is -3.99. The van der Waals surface area contributed by atoms with Crippen LogP contribution in [0, 0.1) is 0 Å². The van der Waals surface area contributed by atoms with Gasteiger partial charge in [-0.1, -0.05) is 54.2 Å². The maximum Gasteiger partial charge on any atom is 0.407 e. The molecule has 36 heavy (non-hydrogen) atoms. The molecule has 2 amide bonds. The van der Waals surface area contributed by atoms with Crippen LogP contribution in [-0.2, 0) is 16.1 Å². The number of primary amides is 1. The third-order valence-electron chi connectivity index (χ3n) is 5.64. The van der Waals surface area contributed by atoms with Gasteiger partial charge >= 0.3 is 6.09 Å². The second-order valence-corrected chi connectivity index (χ2v) is 9.48. The van der Waals surface area contributed by atoms with Crippen LogP contribution >= 0.6 is 11.8 Å².